The third kappa shape index (κ3) is 3.73. The number of allylic oxidation sites excluding steroid dienone is 1. The molecule has 7 heteroatoms. The largest absolute Gasteiger partial charge is 0.340 e. The van der Waals surface area contributed by atoms with Crippen LogP contribution >= 0.6 is 11.6 Å². The number of aromatic nitrogens is 3. The van der Waals surface area contributed by atoms with Crippen LogP contribution in [0.3, 0.4) is 0 Å². The summed E-state index contributed by atoms with van der Waals surface area (Å²) in [4.78, 5) is 31.7. The van der Waals surface area contributed by atoms with Gasteiger partial charge in [-0.15, -0.1) is 6.58 Å². The highest BCUT2D eigenvalue weighted by molar-refractivity contribution is 6.33. The molecule has 0 saturated carbocycles. The van der Waals surface area contributed by atoms with E-state index in [9.17, 15) is 9.59 Å². The fraction of sp³-hybridized carbons (Fsp3) is 0.286. The van der Waals surface area contributed by atoms with Gasteiger partial charge in [-0.3, -0.25) is 18.6 Å². The third-order valence-electron chi connectivity index (χ3n) is 4.39. The minimum atomic E-state index is -0.303. The second-order valence-electron chi connectivity index (χ2n) is 7.14. The number of fused-ring (bicyclic) bond motifs is 1. The number of rotatable bonds is 6. The van der Waals surface area contributed by atoms with Crippen molar-refractivity contribution in [1.29, 1.82) is 0 Å². The maximum atomic E-state index is 13.1. The molecule has 0 unspecified atom stereocenters. The van der Waals surface area contributed by atoms with E-state index >= 15 is 0 Å². The molecule has 1 amide bonds. The molecule has 0 spiro atoms. The van der Waals surface area contributed by atoms with Crippen molar-refractivity contribution in [2.24, 2.45) is 5.92 Å². The zero-order chi connectivity index (χ0) is 20.4. The number of halogens is 1. The van der Waals surface area contributed by atoms with Crippen molar-refractivity contribution in [3.63, 3.8) is 0 Å². The van der Waals surface area contributed by atoms with Crippen LogP contribution in [0.5, 0.6) is 0 Å². The number of benzene rings is 1. The lowest BCUT2D eigenvalue weighted by Crippen LogP contribution is -2.30. The Morgan fingerprint density at radius 1 is 1.32 bits per heavy atom. The Hall–Kier alpha value is -2.86. The molecule has 0 radical (unpaired) electrons. The molecule has 3 rings (SSSR count). The van der Waals surface area contributed by atoms with E-state index in [0.717, 1.165) is 5.56 Å². The maximum absolute atomic E-state index is 13.1. The highest BCUT2D eigenvalue weighted by Crippen LogP contribution is 2.27. The lowest BCUT2D eigenvalue weighted by molar-refractivity contribution is 0.0774. The van der Waals surface area contributed by atoms with Gasteiger partial charge >= 0.3 is 0 Å². The Labute approximate surface area is 168 Å². The Bertz CT molecular complexity index is 1100. The molecule has 1 aromatic carbocycles. The second-order valence-corrected chi connectivity index (χ2v) is 7.54. The van der Waals surface area contributed by atoms with Crippen LogP contribution in [0.1, 0.15) is 24.3 Å². The summed E-state index contributed by atoms with van der Waals surface area (Å²) in [6, 6.07) is 7.31. The molecule has 2 aromatic heterocycles. The number of carbonyl (C=O) groups excluding carboxylic acids is 1. The Morgan fingerprint density at radius 3 is 2.68 bits per heavy atom. The van der Waals surface area contributed by atoms with Crippen LogP contribution in [0.25, 0.3) is 16.9 Å². The van der Waals surface area contributed by atoms with Crippen molar-refractivity contribution in [2.45, 2.75) is 20.4 Å². The number of hydrogen-bond donors (Lipinski definition) is 0. The van der Waals surface area contributed by atoms with Gasteiger partial charge in [0.25, 0.3) is 11.5 Å². The van der Waals surface area contributed by atoms with E-state index in [0.29, 0.717) is 29.7 Å². The van der Waals surface area contributed by atoms with Crippen LogP contribution in [0.15, 0.2) is 54.1 Å². The minimum absolute atomic E-state index is 0.193. The van der Waals surface area contributed by atoms with Crippen LogP contribution in [0.4, 0.5) is 0 Å². The van der Waals surface area contributed by atoms with Gasteiger partial charge in [-0.05, 0) is 12.0 Å². The van der Waals surface area contributed by atoms with Gasteiger partial charge in [-0.2, -0.15) is 0 Å². The Balaban J connectivity index is 2.18. The SMILES string of the molecule is C=CCn1c(-c2ccccc2Cl)cn2cc(C(=O)N(C)CC(C)C)nc2c1=O. The molecule has 3 aromatic rings. The van der Waals surface area contributed by atoms with E-state index < -0.39 is 0 Å². The molecule has 0 bridgehead atoms. The number of amides is 1. The molecule has 28 heavy (non-hydrogen) atoms. The smallest absolute Gasteiger partial charge is 0.295 e. The molecule has 0 atom stereocenters. The Morgan fingerprint density at radius 2 is 2.04 bits per heavy atom. The summed E-state index contributed by atoms with van der Waals surface area (Å²) in [6.45, 7) is 8.73. The van der Waals surface area contributed by atoms with Crippen molar-refractivity contribution in [3.05, 3.63) is 70.4 Å². The normalized spacial score (nSPS) is 11.2. The molecule has 0 saturated heterocycles. The molecular weight excluding hydrogens is 376 g/mol. The first-order valence-corrected chi connectivity index (χ1v) is 9.45. The molecule has 0 aliphatic rings. The maximum Gasteiger partial charge on any atom is 0.295 e. The minimum Gasteiger partial charge on any atom is -0.340 e. The fourth-order valence-electron chi connectivity index (χ4n) is 3.21. The molecule has 0 aliphatic heterocycles. The molecule has 0 aliphatic carbocycles. The Kier molecular flexibility index (Phi) is 5.70. The number of imidazole rings is 1. The van der Waals surface area contributed by atoms with Crippen LogP contribution < -0.4 is 5.56 Å². The molecule has 0 fully saturated rings. The van der Waals surface area contributed by atoms with Crippen LogP contribution in [-0.2, 0) is 6.54 Å². The second kappa shape index (κ2) is 8.02. The average molecular weight is 399 g/mol. The summed E-state index contributed by atoms with van der Waals surface area (Å²) in [6.07, 6.45) is 5.01. The molecule has 2 heterocycles. The predicted molar refractivity (Wildman–Crippen MR) is 112 cm³/mol. The number of carbonyl (C=O) groups is 1. The van der Waals surface area contributed by atoms with Crippen molar-refractivity contribution < 1.29 is 4.79 Å². The van der Waals surface area contributed by atoms with E-state index in [1.807, 2.05) is 32.0 Å². The average Bonchev–Trinajstić information content (AvgIpc) is 3.08. The first kappa shape index (κ1) is 19.9. The predicted octanol–water partition coefficient (Wildman–Crippen LogP) is 3.73. The summed E-state index contributed by atoms with van der Waals surface area (Å²) in [5.74, 6) is 0.119. The highest BCUT2D eigenvalue weighted by atomic mass is 35.5. The summed E-state index contributed by atoms with van der Waals surface area (Å²) in [5.41, 5.74) is 1.49. The zero-order valence-electron chi connectivity index (χ0n) is 16.2. The molecular formula is C21H23ClN4O2. The van der Waals surface area contributed by atoms with Gasteiger partial charge in [0.05, 0.1) is 5.69 Å². The van der Waals surface area contributed by atoms with Crippen molar-refractivity contribution in [1.82, 2.24) is 18.9 Å². The van der Waals surface area contributed by atoms with Crippen LogP contribution in [0, 0.1) is 5.92 Å². The van der Waals surface area contributed by atoms with Crippen molar-refractivity contribution >= 4 is 23.2 Å². The number of nitrogens with zero attached hydrogens (tertiary/aromatic N) is 4. The zero-order valence-corrected chi connectivity index (χ0v) is 17.0. The molecule has 6 nitrogen and oxygen atoms in total. The van der Waals surface area contributed by atoms with Crippen LogP contribution in [-0.4, -0.2) is 38.4 Å². The van der Waals surface area contributed by atoms with Gasteiger partial charge in [-0.1, -0.05) is 49.7 Å². The van der Waals surface area contributed by atoms with Crippen molar-refractivity contribution in [3.8, 4) is 11.3 Å². The van der Waals surface area contributed by atoms with E-state index in [2.05, 4.69) is 11.6 Å². The van der Waals surface area contributed by atoms with Crippen molar-refractivity contribution in [2.75, 3.05) is 13.6 Å². The lowest BCUT2D eigenvalue weighted by Gasteiger charge is -2.17. The first-order chi connectivity index (χ1) is 13.3. The van der Waals surface area contributed by atoms with Gasteiger partial charge in [0.15, 0.2) is 0 Å². The molecule has 146 valence electrons. The van der Waals surface area contributed by atoms with Gasteiger partial charge in [0, 0.05) is 43.1 Å². The quantitative estimate of drug-likeness (QED) is 0.594. The van der Waals surface area contributed by atoms with Crippen LogP contribution in [0.2, 0.25) is 5.02 Å². The third-order valence-corrected chi connectivity index (χ3v) is 4.72. The summed E-state index contributed by atoms with van der Waals surface area (Å²) < 4.78 is 3.15. The van der Waals surface area contributed by atoms with E-state index in [1.165, 1.54) is 0 Å². The highest BCUT2D eigenvalue weighted by Gasteiger charge is 2.20. The van der Waals surface area contributed by atoms with Gasteiger partial charge in [-0.25, -0.2) is 4.98 Å². The summed E-state index contributed by atoms with van der Waals surface area (Å²) in [7, 11) is 1.73. The van der Waals surface area contributed by atoms with Gasteiger partial charge in [0.2, 0.25) is 5.65 Å². The summed E-state index contributed by atoms with van der Waals surface area (Å²) in [5, 5.41) is 0.534. The standard InChI is InChI=1S/C21H23ClN4O2/c1-5-10-26-18(15-8-6-7-9-16(15)22)13-25-12-17(23-19(25)21(26)28)20(27)24(4)11-14(2)3/h5-9,12-14H,1,10-11H2,2-4H3. The van der Waals surface area contributed by atoms with Gasteiger partial charge < -0.3 is 4.90 Å². The molecule has 0 N–H and O–H groups in total. The van der Waals surface area contributed by atoms with E-state index in [1.54, 1.807) is 45.5 Å². The monoisotopic (exact) mass is 398 g/mol. The summed E-state index contributed by atoms with van der Waals surface area (Å²) >= 11 is 6.35. The topological polar surface area (TPSA) is 59.6 Å². The fourth-order valence-corrected chi connectivity index (χ4v) is 3.44. The van der Waals surface area contributed by atoms with E-state index in [4.69, 9.17) is 11.6 Å². The lowest BCUT2D eigenvalue weighted by atomic mass is 10.1. The van der Waals surface area contributed by atoms with Gasteiger partial charge in [0.1, 0.15) is 5.69 Å². The first-order valence-electron chi connectivity index (χ1n) is 9.07. The van der Waals surface area contributed by atoms with E-state index in [-0.39, 0.29) is 22.8 Å². The number of hydrogen-bond acceptors (Lipinski definition) is 3.